The highest BCUT2D eigenvalue weighted by Crippen LogP contribution is 2.24. The molecule has 2 rings (SSSR count). The predicted molar refractivity (Wildman–Crippen MR) is 82.8 cm³/mol. The van der Waals surface area contributed by atoms with Gasteiger partial charge in [0, 0.05) is 5.69 Å². The summed E-state index contributed by atoms with van der Waals surface area (Å²) in [4.78, 5) is 11.6. The summed E-state index contributed by atoms with van der Waals surface area (Å²) >= 11 is 0. The third-order valence-corrected chi connectivity index (χ3v) is 3.08. The van der Waals surface area contributed by atoms with Gasteiger partial charge in [-0.2, -0.15) is 0 Å². The van der Waals surface area contributed by atoms with E-state index in [1.165, 1.54) is 0 Å². The summed E-state index contributed by atoms with van der Waals surface area (Å²) in [6, 6.07) is 14.0. The third kappa shape index (κ3) is 3.99. The standard InChI is InChI=1S/C17H19NO3/c1-3-21-15-9-5-7-13(11-15)16(17(19)20)18-14-8-4-6-12(2)10-14/h4-11,16,18H,3H2,1-2H3,(H,19,20). The smallest absolute Gasteiger partial charge is 0.330 e. The highest BCUT2D eigenvalue weighted by molar-refractivity contribution is 5.79. The first-order chi connectivity index (χ1) is 10.1. The molecule has 0 amide bonds. The number of anilines is 1. The molecule has 110 valence electrons. The van der Waals surface area contributed by atoms with Crippen molar-refractivity contribution >= 4 is 11.7 Å². The zero-order valence-corrected chi connectivity index (χ0v) is 12.2. The Balaban J connectivity index is 2.26. The third-order valence-electron chi connectivity index (χ3n) is 3.08. The van der Waals surface area contributed by atoms with Crippen LogP contribution < -0.4 is 10.1 Å². The molecule has 0 fully saturated rings. The molecule has 1 unspecified atom stereocenters. The maximum Gasteiger partial charge on any atom is 0.330 e. The van der Waals surface area contributed by atoms with Crippen LogP contribution in [0.5, 0.6) is 5.75 Å². The topological polar surface area (TPSA) is 58.6 Å². The highest BCUT2D eigenvalue weighted by atomic mass is 16.5. The zero-order chi connectivity index (χ0) is 15.2. The second-order valence-corrected chi connectivity index (χ2v) is 4.79. The average molecular weight is 285 g/mol. The Kier molecular flexibility index (Phi) is 4.82. The predicted octanol–water partition coefficient (Wildman–Crippen LogP) is 3.63. The number of aliphatic carboxylic acids is 1. The van der Waals surface area contributed by atoms with Crippen LogP contribution in [0.3, 0.4) is 0 Å². The first kappa shape index (κ1) is 14.9. The molecule has 0 bridgehead atoms. The molecule has 2 N–H and O–H groups in total. The van der Waals surface area contributed by atoms with Crippen LogP contribution in [0, 0.1) is 6.92 Å². The van der Waals surface area contributed by atoms with Crippen LogP contribution in [0.2, 0.25) is 0 Å². The SMILES string of the molecule is CCOc1cccc(C(Nc2cccc(C)c2)C(=O)O)c1. The van der Waals surface area contributed by atoms with E-state index in [9.17, 15) is 9.90 Å². The quantitative estimate of drug-likeness (QED) is 0.851. The van der Waals surface area contributed by atoms with Crippen LogP contribution in [0.15, 0.2) is 48.5 Å². The van der Waals surface area contributed by atoms with Gasteiger partial charge in [0.25, 0.3) is 0 Å². The Morgan fingerprint density at radius 2 is 2.00 bits per heavy atom. The fourth-order valence-corrected chi connectivity index (χ4v) is 2.14. The van der Waals surface area contributed by atoms with Crippen LogP contribution >= 0.6 is 0 Å². The molecule has 21 heavy (non-hydrogen) atoms. The number of hydrogen-bond donors (Lipinski definition) is 2. The molecule has 4 heteroatoms. The van der Waals surface area contributed by atoms with Crippen molar-refractivity contribution in [2.45, 2.75) is 19.9 Å². The van der Waals surface area contributed by atoms with Gasteiger partial charge >= 0.3 is 5.97 Å². The van der Waals surface area contributed by atoms with Crippen molar-refractivity contribution in [2.24, 2.45) is 0 Å². The van der Waals surface area contributed by atoms with Crippen LogP contribution in [-0.2, 0) is 4.79 Å². The number of rotatable bonds is 6. The summed E-state index contributed by atoms with van der Waals surface area (Å²) in [6.45, 7) is 4.41. The average Bonchev–Trinajstić information content (AvgIpc) is 2.45. The number of nitrogens with one attached hydrogen (secondary N) is 1. The van der Waals surface area contributed by atoms with Crippen molar-refractivity contribution < 1.29 is 14.6 Å². The number of carboxylic acids is 1. The van der Waals surface area contributed by atoms with Gasteiger partial charge in [-0.15, -0.1) is 0 Å². The summed E-state index contributed by atoms with van der Waals surface area (Å²) in [5, 5.41) is 12.5. The van der Waals surface area contributed by atoms with Crippen molar-refractivity contribution in [1.82, 2.24) is 0 Å². The van der Waals surface area contributed by atoms with Crippen LogP contribution in [-0.4, -0.2) is 17.7 Å². The molecule has 1 atom stereocenters. The molecule has 0 saturated carbocycles. The van der Waals surface area contributed by atoms with Crippen LogP contribution in [0.1, 0.15) is 24.1 Å². The van der Waals surface area contributed by atoms with Gasteiger partial charge in [-0.25, -0.2) is 4.79 Å². The van der Waals surface area contributed by atoms with Gasteiger partial charge in [0.05, 0.1) is 6.61 Å². The second-order valence-electron chi connectivity index (χ2n) is 4.79. The minimum Gasteiger partial charge on any atom is -0.494 e. The number of hydrogen-bond acceptors (Lipinski definition) is 3. The summed E-state index contributed by atoms with van der Waals surface area (Å²) in [7, 11) is 0. The van der Waals surface area contributed by atoms with Gasteiger partial charge in [0.2, 0.25) is 0 Å². The molecule has 0 radical (unpaired) electrons. The van der Waals surface area contributed by atoms with Crippen molar-refractivity contribution in [3.05, 3.63) is 59.7 Å². The number of aryl methyl sites for hydroxylation is 1. The highest BCUT2D eigenvalue weighted by Gasteiger charge is 2.20. The molecule has 0 saturated heterocycles. The Labute approximate surface area is 124 Å². The van der Waals surface area contributed by atoms with Gasteiger partial charge in [-0.05, 0) is 49.2 Å². The molecule has 4 nitrogen and oxygen atoms in total. The molecular weight excluding hydrogens is 266 g/mol. The largest absolute Gasteiger partial charge is 0.494 e. The lowest BCUT2D eigenvalue weighted by Gasteiger charge is -2.17. The molecule has 0 aliphatic rings. The Hall–Kier alpha value is -2.49. The van der Waals surface area contributed by atoms with Gasteiger partial charge in [0.15, 0.2) is 6.04 Å². The monoisotopic (exact) mass is 285 g/mol. The van der Waals surface area contributed by atoms with Gasteiger partial charge < -0.3 is 15.2 Å². The fourth-order valence-electron chi connectivity index (χ4n) is 2.14. The maximum atomic E-state index is 11.6. The number of benzene rings is 2. The number of carbonyl (C=O) groups is 1. The molecule has 0 aromatic heterocycles. The van der Waals surface area contributed by atoms with Gasteiger partial charge in [-0.3, -0.25) is 0 Å². The number of carboxylic acid groups (broad SMARTS) is 1. The van der Waals surface area contributed by atoms with E-state index in [4.69, 9.17) is 4.74 Å². The van der Waals surface area contributed by atoms with E-state index in [0.29, 0.717) is 17.9 Å². The Bertz CT molecular complexity index is 625. The molecule has 0 aliphatic carbocycles. The van der Waals surface area contributed by atoms with E-state index in [1.54, 1.807) is 18.2 Å². The molecule has 0 spiro atoms. The lowest BCUT2D eigenvalue weighted by atomic mass is 10.1. The Morgan fingerprint density at radius 1 is 1.24 bits per heavy atom. The molecule has 0 aliphatic heterocycles. The van der Waals surface area contributed by atoms with Crippen molar-refractivity contribution in [1.29, 1.82) is 0 Å². The summed E-state index contributed by atoms with van der Waals surface area (Å²) < 4.78 is 5.43. The van der Waals surface area contributed by atoms with E-state index in [1.807, 2.05) is 44.2 Å². The molecular formula is C17H19NO3. The first-order valence-electron chi connectivity index (χ1n) is 6.89. The molecule has 2 aromatic carbocycles. The van der Waals surface area contributed by atoms with E-state index in [-0.39, 0.29) is 0 Å². The molecule has 0 heterocycles. The van der Waals surface area contributed by atoms with Crippen LogP contribution in [0.25, 0.3) is 0 Å². The van der Waals surface area contributed by atoms with E-state index >= 15 is 0 Å². The minimum atomic E-state index is -0.926. The van der Waals surface area contributed by atoms with Crippen molar-refractivity contribution in [3.63, 3.8) is 0 Å². The van der Waals surface area contributed by atoms with Crippen LogP contribution in [0.4, 0.5) is 5.69 Å². The summed E-state index contributed by atoms with van der Waals surface area (Å²) in [5.74, 6) is -0.252. The molecule has 2 aromatic rings. The van der Waals surface area contributed by atoms with E-state index in [2.05, 4.69) is 5.32 Å². The number of ether oxygens (including phenoxy) is 1. The lowest BCUT2D eigenvalue weighted by Crippen LogP contribution is -2.20. The lowest BCUT2D eigenvalue weighted by molar-refractivity contribution is -0.138. The van der Waals surface area contributed by atoms with Gasteiger partial charge in [-0.1, -0.05) is 24.3 Å². The van der Waals surface area contributed by atoms with E-state index in [0.717, 1.165) is 11.3 Å². The summed E-state index contributed by atoms with van der Waals surface area (Å²) in [6.07, 6.45) is 0. The van der Waals surface area contributed by atoms with Crippen molar-refractivity contribution in [3.8, 4) is 5.75 Å². The van der Waals surface area contributed by atoms with E-state index < -0.39 is 12.0 Å². The zero-order valence-electron chi connectivity index (χ0n) is 12.2. The van der Waals surface area contributed by atoms with Gasteiger partial charge in [0.1, 0.15) is 5.75 Å². The normalized spacial score (nSPS) is 11.7. The minimum absolute atomic E-state index is 0.548. The van der Waals surface area contributed by atoms with Crippen molar-refractivity contribution in [2.75, 3.05) is 11.9 Å². The maximum absolute atomic E-state index is 11.6. The first-order valence-corrected chi connectivity index (χ1v) is 6.89. The summed E-state index contributed by atoms with van der Waals surface area (Å²) in [5.41, 5.74) is 2.52. The Morgan fingerprint density at radius 3 is 2.67 bits per heavy atom. The fraction of sp³-hybridized carbons (Fsp3) is 0.235. The second kappa shape index (κ2) is 6.79.